The van der Waals surface area contributed by atoms with Crippen LogP contribution in [0.25, 0.3) is 0 Å². The number of carboxylic acids is 1. The van der Waals surface area contributed by atoms with E-state index in [0.29, 0.717) is 0 Å². The summed E-state index contributed by atoms with van der Waals surface area (Å²) in [6.07, 6.45) is 0. The van der Waals surface area contributed by atoms with Crippen LogP contribution in [0.4, 0.5) is 4.39 Å². The van der Waals surface area contributed by atoms with Gasteiger partial charge in [-0.2, -0.15) is 0 Å². The van der Waals surface area contributed by atoms with Crippen LogP contribution in [0.15, 0.2) is 36.4 Å². The highest BCUT2D eigenvalue weighted by Crippen LogP contribution is 2.15. The van der Waals surface area contributed by atoms with Crippen molar-refractivity contribution in [2.75, 3.05) is 6.61 Å². The molecule has 0 aliphatic heterocycles. The smallest absolute Gasteiger partial charge is 0.334 e. The van der Waals surface area contributed by atoms with E-state index in [4.69, 9.17) is 9.84 Å². The first-order chi connectivity index (χ1) is 6.61. The van der Waals surface area contributed by atoms with Gasteiger partial charge in [0.25, 0.3) is 0 Å². The van der Waals surface area contributed by atoms with Crippen LogP contribution < -0.4 is 4.74 Å². The summed E-state index contributed by atoms with van der Waals surface area (Å²) >= 11 is 0. The second-order valence-electron chi connectivity index (χ2n) is 2.63. The van der Waals surface area contributed by atoms with Gasteiger partial charge in [-0.25, -0.2) is 9.18 Å². The van der Waals surface area contributed by atoms with Gasteiger partial charge in [0.15, 0.2) is 11.6 Å². The van der Waals surface area contributed by atoms with E-state index < -0.39 is 11.8 Å². The van der Waals surface area contributed by atoms with Gasteiger partial charge in [-0.3, -0.25) is 0 Å². The van der Waals surface area contributed by atoms with Gasteiger partial charge in [-0.1, -0.05) is 18.7 Å². The molecular formula is C10H9FO3. The van der Waals surface area contributed by atoms with E-state index in [0.717, 1.165) is 0 Å². The van der Waals surface area contributed by atoms with Crippen molar-refractivity contribution in [1.82, 2.24) is 0 Å². The molecule has 1 rings (SSSR count). The van der Waals surface area contributed by atoms with Gasteiger partial charge in [-0.05, 0) is 12.1 Å². The molecule has 0 unspecified atom stereocenters. The zero-order valence-corrected chi connectivity index (χ0v) is 7.37. The first-order valence-corrected chi connectivity index (χ1v) is 3.89. The third-order valence-electron chi connectivity index (χ3n) is 1.54. The lowest BCUT2D eigenvalue weighted by atomic mass is 10.3. The molecule has 0 heterocycles. The second-order valence-corrected chi connectivity index (χ2v) is 2.63. The molecule has 0 saturated heterocycles. The quantitative estimate of drug-likeness (QED) is 0.747. The summed E-state index contributed by atoms with van der Waals surface area (Å²) in [6, 6.07) is 5.78. The largest absolute Gasteiger partial charge is 0.486 e. The number of carboxylic acid groups (broad SMARTS) is 1. The lowest BCUT2D eigenvalue weighted by molar-refractivity contribution is -0.133. The number of benzene rings is 1. The number of ether oxygens (including phenoxy) is 1. The molecule has 0 aliphatic carbocycles. The fraction of sp³-hybridized carbons (Fsp3) is 0.100. The minimum Gasteiger partial charge on any atom is -0.486 e. The highest BCUT2D eigenvalue weighted by molar-refractivity contribution is 5.86. The number of rotatable bonds is 4. The predicted octanol–water partition coefficient (Wildman–Crippen LogP) is 1.85. The van der Waals surface area contributed by atoms with Gasteiger partial charge in [0.05, 0.1) is 5.57 Å². The van der Waals surface area contributed by atoms with E-state index in [9.17, 15) is 9.18 Å². The monoisotopic (exact) mass is 196 g/mol. The Kier molecular flexibility index (Phi) is 3.23. The average molecular weight is 196 g/mol. The molecule has 0 radical (unpaired) electrons. The topological polar surface area (TPSA) is 46.5 Å². The van der Waals surface area contributed by atoms with Crippen molar-refractivity contribution < 1.29 is 19.0 Å². The molecule has 3 nitrogen and oxygen atoms in total. The van der Waals surface area contributed by atoms with Crippen LogP contribution >= 0.6 is 0 Å². The Morgan fingerprint density at radius 1 is 1.50 bits per heavy atom. The summed E-state index contributed by atoms with van der Waals surface area (Å²) in [5, 5.41) is 8.46. The summed E-state index contributed by atoms with van der Waals surface area (Å²) in [6.45, 7) is 3.03. The fourth-order valence-electron chi connectivity index (χ4n) is 0.788. The second kappa shape index (κ2) is 4.41. The Morgan fingerprint density at radius 3 is 2.71 bits per heavy atom. The Hall–Kier alpha value is -1.84. The van der Waals surface area contributed by atoms with Crippen molar-refractivity contribution in [2.45, 2.75) is 0 Å². The molecule has 4 heteroatoms. The number of hydrogen-bond acceptors (Lipinski definition) is 2. The number of carbonyl (C=O) groups is 1. The van der Waals surface area contributed by atoms with Crippen LogP contribution in [-0.4, -0.2) is 17.7 Å². The zero-order valence-electron chi connectivity index (χ0n) is 7.37. The number of hydrogen-bond donors (Lipinski definition) is 1. The maximum absolute atomic E-state index is 12.9. The van der Waals surface area contributed by atoms with E-state index in [1.807, 2.05) is 0 Å². The summed E-state index contributed by atoms with van der Waals surface area (Å²) in [7, 11) is 0. The molecule has 1 aromatic carbocycles. The molecule has 74 valence electrons. The lowest BCUT2D eigenvalue weighted by Gasteiger charge is -2.05. The molecule has 0 aliphatic rings. The normalized spacial score (nSPS) is 9.50. The van der Waals surface area contributed by atoms with E-state index in [1.165, 1.54) is 18.2 Å². The predicted molar refractivity (Wildman–Crippen MR) is 48.7 cm³/mol. The minimum absolute atomic E-state index is 0.0231. The molecule has 14 heavy (non-hydrogen) atoms. The van der Waals surface area contributed by atoms with Gasteiger partial charge < -0.3 is 9.84 Å². The van der Waals surface area contributed by atoms with Gasteiger partial charge in [0, 0.05) is 0 Å². The van der Waals surface area contributed by atoms with Crippen LogP contribution in [0.5, 0.6) is 5.75 Å². The van der Waals surface area contributed by atoms with Crippen LogP contribution in [-0.2, 0) is 4.79 Å². The third-order valence-corrected chi connectivity index (χ3v) is 1.54. The fourth-order valence-corrected chi connectivity index (χ4v) is 0.788. The minimum atomic E-state index is -1.15. The maximum Gasteiger partial charge on any atom is 0.334 e. The summed E-state index contributed by atoms with van der Waals surface area (Å²) < 4.78 is 17.8. The van der Waals surface area contributed by atoms with Crippen molar-refractivity contribution in [2.24, 2.45) is 0 Å². The Labute approximate surface area is 80.4 Å². The maximum atomic E-state index is 12.9. The van der Waals surface area contributed by atoms with E-state index >= 15 is 0 Å². The number of halogens is 1. The van der Waals surface area contributed by atoms with Gasteiger partial charge in [-0.15, -0.1) is 0 Å². The summed E-state index contributed by atoms with van der Waals surface area (Å²) in [5.41, 5.74) is -0.117. The first-order valence-electron chi connectivity index (χ1n) is 3.89. The van der Waals surface area contributed by atoms with Crippen LogP contribution in [0.3, 0.4) is 0 Å². The Bertz CT molecular complexity index is 360. The van der Waals surface area contributed by atoms with Crippen molar-refractivity contribution in [3.63, 3.8) is 0 Å². The van der Waals surface area contributed by atoms with E-state index in [2.05, 4.69) is 6.58 Å². The molecule has 0 spiro atoms. The SMILES string of the molecule is C=C(COc1ccccc1F)C(=O)O. The van der Waals surface area contributed by atoms with Gasteiger partial charge in [0.1, 0.15) is 6.61 Å². The standard InChI is InChI=1S/C10H9FO3/c1-7(10(12)13)6-14-9-5-3-2-4-8(9)11/h2-5H,1,6H2,(H,12,13). The molecule has 0 bridgehead atoms. The summed E-state index contributed by atoms with van der Waals surface area (Å²) in [4.78, 5) is 10.3. The summed E-state index contributed by atoms with van der Waals surface area (Å²) in [5.74, 6) is -1.65. The van der Waals surface area contributed by atoms with Crippen molar-refractivity contribution >= 4 is 5.97 Å². The lowest BCUT2D eigenvalue weighted by Crippen LogP contribution is -2.09. The first kappa shape index (κ1) is 10.2. The highest BCUT2D eigenvalue weighted by Gasteiger charge is 2.06. The van der Waals surface area contributed by atoms with E-state index in [1.54, 1.807) is 6.07 Å². The van der Waals surface area contributed by atoms with Crippen molar-refractivity contribution in [3.05, 3.63) is 42.2 Å². The highest BCUT2D eigenvalue weighted by atomic mass is 19.1. The average Bonchev–Trinajstić information content (AvgIpc) is 2.16. The van der Waals surface area contributed by atoms with Gasteiger partial charge >= 0.3 is 5.97 Å². The molecule has 0 atom stereocenters. The van der Waals surface area contributed by atoms with Crippen LogP contribution in [0.1, 0.15) is 0 Å². The number of para-hydroxylation sites is 1. The molecule has 0 saturated carbocycles. The van der Waals surface area contributed by atoms with Crippen LogP contribution in [0, 0.1) is 5.82 Å². The molecule has 0 amide bonds. The zero-order chi connectivity index (χ0) is 10.6. The molecular weight excluding hydrogens is 187 g/mol. The van der Waals surface area contributed by atoms with Crippen molar-refractivity contribution in [3.8, 4) is 5.75 Å². The van der Waals surface area contributed by atoms with Crippen molar-refractivity contribution in [1.29, 1.82) is 0 Å². The van der Waals surface area contributed by atoms with E-state index in [-0.39, 0.29) is 17.9 Å². The molecule has 0 fully saturated rings. The number of aliphatic carboxylic acids is 1. The third kappa shape index (κ3) is 2.58. The molecule has 0 aromatic heterocycles. The van der Waals surface area contributed by atoms with Crippen LogP contribution in [0.2, 0.25) is 0 Å². The Balaban J connectivity index is 2.58. The molecule has 1 aromatic rings. The molecule has 1 N–H and O–H groups in total. The Morgan fingerprint density at radius 2 is 2.14 bits per heavy atom. The van der Waals surface area contributed by atoms with Gasteiger partial charge in [0.2, 0.25) is 0 Å².